The molecule has 0 radical (unpaired) electrons. The number of aldehydes is 1. The van der Waals surface area contributed by atoms with E-state index >= 15 is 0 Å². The van der Waals surface area contributed by atoms with E-state index in [2.05, 4.69) is 15.0 Å². The standard InChI is InChI=1S/C18H18N4O3/c1-11(10-24-2)25-17-16-15(21-18(19)22-17)8-7-14(20-16)13-6-4-3-5-12(13)9-23/h3-9,11H,10H2,1-2H3,(H2,19,21,22)/t11-/m0/s1. The van der Waals surface area contributed by atoms with Gasteiger partial charge in [0, 0.05) is 18.2 Å². The smallest absolute Gasteiger partial charge is 0.245 e. The van der Waals surface area contributed by atoms with Gasteiger partial charge < -0.3 is 15.2 Å². The van der Waals surface area contributed by atoms with Gasteiger partial charge in [0.05, 0.1) is 17.8 Å². The van der Waals surface area contributed by atoms with E-state index in [0.717, 1.165) is 11.8 Å². The first-order valence-electron chi connectivity index (χ1n) is 7.77. The van der Waals surface area contributed by atoms with Crippen molar-refractivity contribution in [1.29, 1.82) is 0 Å². The minimum Gasteiger partial charge on any atom is -0.471 e. The van der Waals surface area contributed by atoms with Crippen molar-refractivity contribution in [3.63, 3.8) is 0 Å². The van der Waals surface area contributed by atoms with Gasteiger partial charge in [-0.2, -0.15) is 4.98 Å². The maximum Gasteiger partial charge on any atom is 0.245 e. The van der Waals surface area contributed by atoms with Crippen LogP contribution in [0.2, 0.25) is 0 Å². The van der Waals surface area contributed by atoms with E-state index < -0.39 is 0 Å². The zero-order chi connectivity index (χ0) is 17.8. The summed E-state index contributed by atoms with van der Waals surface area (Å²) < 4.78 is 10.9. The van der Waals surface area contributed by atoms with Crippen LogP contribution >= 0.6 is 0 Å². The molecule has 0 spiro atoms. The fourth-order valence-electron chi connectivity index (χ4n) is 2.53. The number of fused-ring (bicyclic) bond motifs is 1. The quantitative estimate of drug-likeness (QED) is 0.689. The number of aromatic nitrogens is 3. The van der Waals surface area contributed by atoms with Crippen LogP contribution in [0.25, 0.3) is 22.3 Å². The van der Waals surface area contributed by atoms with Crippen LogP contribution < -0.4 is 10.5 Å². The molecule has 2 aromatic heterocycles. The Kier molecular flexibility index (Phi) is 4.85. The van der Waals surface area contributed by atoms with Gasteiger partial charge in [0.25, 0.3) is 0 Å². The van der Waals surface area contributed by atoms with Gasteiger partial charge in [0.2, 0.25) is 11.8 Å². The first-order chi connectivity index (χ1) is 12.1. The highest BCUT2D eigenvalue weighted by atomic mass is 16.5. The molecule has 7 heteroatoms. The van der Waals surface area contributed by atoms with Crippen LogP contribution in [0.3, 0.4) is 0 Å². The fourth-order valence-corrected chi connectivity index (χ4v) is 2.53. The summed E-state index contributed by atoms with van der Waals surface area (Å²) in [5, 5.41) is 0. The van der Waals surface area contributed by atoms with Gasteiger partial charge in [-0.1, -0.05) is 24.3 Å². The Bertz CT molecular complexity index is 914. The highest BCUT2D eigenvalue weighted by Crippen LogP contribution is 2.27. The number of hydrogen-bond donors (Lipinski definition) is 1. The summed E-state index contributed by atoms with van der Waals surface area (Å²) in [6.07, 6.45) is 0.578. The second-order valence-electron chi connectivity index (χ2n) is 5.54. The average Bonchev–Trinajstić information content (AvgIpc) is 2.61. The Balaban J connectivity index is 2.12. The lowest BCUT2D eigenvalue weighted by atomic mass is 10.0. The molecule has 0 unspecified atom stereocenters. The lowest BCUT2D eigenvalue weighted by molar-refractivity contribution is 0.0900. The van der Waals surface area contributed by atoms with E-state index in [1.54, 1.807) is 31.4 Å². The summed E-state index contributed by atoms with van der Waals surface area (Å²) in [5.74, 6) is 0.396. The van der Waals surface area contributed by atoms with Gasteiger partial charge in [-0.15, -0.1) is 0 Å². The third-order valence-corrected chi connectivity index (χ3v) is 3.61. The molecule has 0 saturated heterocycles. The van der Waals surface area contributed by atoms with Gasteiger partial charge in [-0.25, -0.2) is 9.97 Å². The summed E-state index contributed by atoms with van der Waals surface area (Å²) in [4.78, 5) is 24.2. The predicted molar refractivity (Wildman–Crippen MR) is 94.5 cm³/mol. The lowest BCUT2D eigenvalue weighted by Crippen LogP contribution is -2.19. The Morgan fingerprint density at radius 1 is 1.16 bits per heavy atom. The molecule has 3 aromatic rings. The number of methoxy groups -OCH3 is 1. The molecule has 7 nitrogen and oxygen atoms in total. The molecule has 1 aromatic carbocycles. The number of carbonyl (C=O) groups excluding carboxylic acids is 1. The number of pyridine rings is 1. The van der Waals surface area contributed by atoms with Gasteiger partial charge in [0.15, 0.2) is 11.8 Å². The van der Waals surface area contributed by atoms with Crippen LogP contribution in [0, 0.1) is 0 Å². The average molecular weight is 338 g/mol. The van der Waals surface area contributed by atoms with Gasteiger partial charge in [-0.05, 0) is 19.1 Å². The molecule has 0 aliphatic heterocycles. The Hall–Kier alpha value is -3.06. The topological polar surface area (TPSA) is 100 Å². The first-order valence-corrected chi connectivity index (χ1v) is 7.77. The van der Waals surface area contributed by atoms with Crippen molar-refractivity contribution in [3.8, 4) is 17.1 Å². The van der Waals surface area contributed by atoms with E-state index in [-0.39, 0.29) is 17.9 Å². The number of anilines is 1. The normalized spacial score (nSPS) is 12.1. The van der Waals surface area contributed by atoms with Crippen LogP contribution in [-0.4, -0.2) is 41.1 Å². The van der Waals surface area contributed by atoms with Crippen molar-refractivity contribution in [2.45, 2.75) is 13.0 Å². The number of hydrogen-bond acceptors (Lipinski definition) is 7. The molecule has 0 saturated carbocycles. The largest absolute Gasteiger partial charge is 0.471 e. The van der Waals surface area contributed by atoms with Gasteiger partial charge in [-0.3, -0.25) is 4.79 Å². The molecule has 2 heterocycles. The molecule has 0 amide bonds. The number of carbonyl (C=O) groups is 1. The summed E-state index contributed by atoms with van der Waals surface area (Å²) in [6, 6.07) is 10.8. The number of nitrogen functional groups attached to an aromatic ring is 1. The molecule has 3 rings (SSSR count). The van der Waals surface area contributed by atoms with E-state index in [0.29, 0.717) is 28.9 Å². The molecular weight excluding hydrogens is 320 g/mol. The predicted octanol–water partition coefficient (Wildman–Crippen LogP) is 2.50. The van der Waals surface area contributed by atoms with E-state index in [1.807, 2.05) is 19.1 Å². The van der Waals surface area contributed by atoms with Gasteiger partial charge in [0.1, 0.15) is 6.10 Å². The van der Waals surface area contributed by atoms with Crippen LogP contribution in [0.15, 0.2) is 36.4 Å². The third kappa shape index (κ3) is 3.56. The number of rotatable bonds is 6. The van der Waals surface area contributed by atoms with Crippen molar-refractivity contribution < 1.29 is 14.3 Å². The summed E-state index contributed by atoms with van der Waals surface area (Å²) in [5.41, 5.74) is 8.73. The summed E-state index contributed by atoms with van der Waals surface area (Å²) in [6.45, 7) is 2.26. The van der Waals surface area contributed by atoms with Crippen molar-refractivity contribution in [1.82, 2.24) is 15.0 Å². The first kappa shape index (κ1) is 16.8. The molecule has 0 fully saturated rings. The van der Waals surface area contributed by atoms with Crippen molar-refractivity contribution in [3.05, 3.63) is 42.0 Å². The highest BCUT2D eigenvalue weighted by Gasteiger charge is 2.15. The van der Waals surface area contributed by atoms with E-state index in [4.69, 9.17) is 15.2 Å². The molecule has 25 heavy (non-hydrogen) atoms. The summed E-state index contributed by atoms with van der Waals surface area (Å²) in [7, 11) is 1.60. The monoisotopic (exact) mass is 338 g/mol. The van der Waals surface area contributed by atoms with Crippen molar-refractivity contribution in [2.24, 2.45) is 0 Å². The number of nitrogens with zero attached hydrogens (tertiary/aromatic N) is 3. The van der Waals surface area contributed by atoms with Crippen molar-refractivity contribution in [2.75, 3.05) is 19.5 Å². The second kappa shape index (κ2) is 7.23. The number of nitrogens with two attached hydrogens (primary N) is 1. The number of ether oxygens (including phenoxy) is 2. The Morgan fingerprint density at radius 3 is 2.72 bits per heavy atom. The molecule has 128 valence electrons. The molecule has 2 N–H and O–H groups in total. The molecule has 0 aliphatic carbocycles. The third-order valence-electron chi connectivity index (χ3n) is 3.61. The number of benzene rings is 1. The zero-order valence-corrected chi connectivity index (χ0v) is 14.0. The van der Waals surface area contributed by atoms with Gasteiger partial charge >= 0.3 is 0 Å². The highest BCUT2D eigenvalue weighted by molar-refractivity contribution is 5.89. The van der Waals surface area contributed by atoms with Crippen LogP contribution in [0.4, 0.5) is 5.95 Å². The minimum atomic E-state index is -0.227. The molecule has 1 atom stereocenters. The van der Waals surface area contributed by atoms with Crippen LogP contribution in [0.5, 0.6) is 5.88 Å². The van der Waals surface area contributed by atoms with E-state index in [9.17, 15) is 4.79 Å². The van der Waals surface area contributed by atoms with E-state index in [1.165, 1.54) is 0 Å². The molecular formula is C18H18N4O3. The Labute approximate surface area is 144 Å². The Morgan fingerprint density at radius 2 is 1.96 bits per heavy atom. The summed E-state index contributed by atoms with van der Waals surface area (Å²) >= 11 is 0. The SMILES string of the molecule is COC[C@H](C)Oc1nc(N)nc2ccc(-c3ccccc3C=O)nc12. The second-order valence-corrected chi connectivity index (χ2v) is 5.54. The van der Waals surface area contributed by atoms with Crippen molar-refractivity contribution >= 4 is 23.3 Å². The maximum absolute atomic E-state index is 11.3. The molecule has 0 bridgehead atoms. The molecule has 0 aliphatic rings. The zero-order valence-electron chi connectivity index (χ0n) is 14.0. The fraction of sp³-hybridized carbons (Fsp3) is 0.222. The van der Waals surface area contributed by atoms with Crippen LogP contribution in [0.1, 0.15) is 17.3 Å². The minimum absolute atomic E-state index is 0.106. The van der Waals surface area contributed by atoms with Crippen LogP contribution in [-0.2, 0) is 4.74 Å². The maximum atomic E-state index is 11.3. The lowest BCUT2D eigenvalue weighted by Gasteiger charge is -2.14.